The van der Waals surface area contributed by atoms with Crippen molar-refractivity contribution in [3.63, 3.8) is 0 Å². The van der Waals surface area contributed by atoms with Gasteiger partial charge in [-0.1, -0.05) is 39.7 Å². The summed E-state index contributed by atoms with van der Waals surface area (Å²) < 4.78 is 3.37. The molecule has 1 N–H and O–H groups in total. The zero-order valence-corrected chi connectivity index (χ0v) is 23.2. The zero-order chi connectivity index (χ0) is 24.9. The van der Waals surface area contributed by atoms with Crippen molar-refractivity contribution < 1.29 is 0 Å². The number of thiocarbonyl (C=S) groups is 1. The topological polar surface area (TPSA) is 33.1 Å². The van der Waals surface area contributed by atoms with E-state index >= 15 is 0 Å². The average Bonchev–Trinajstić information content (AvgIpc) is 3.33. The van der Waals surface area contributed by atoms with E-state index in [1.165, 1.54) is 11.1 Å². The molecule has 0 aliphatic carbocycles. The van der Waals surface area contributed by atoms with E-state index < -0.39 is 0 Å². The Labute approximate surface area is 225 Å². The fourth-order valence-electron chi connectivity index (χ4n) is 5.01. The van der Waals surface area contributed by atoms with E-state index in [2.05, 4.69) is 94.8 Å². The molecule has 3 heterocycles. The molecule has 0 unspecified atom stereocenters. The molecule has 1 aliphatic rings. The van der Waals surface area contributed by atoms with Gasteiger partial charge in [0.25, 0.3) is 0 Å². The van der Waals surface area contributed by atoms with Gasteiger partial charge in [0.1, 0.15) is 0 Å². The molecule has 1 aliphatic heterocycles. The molecule has 1 fully saturated rings. The molecule has 1 saturated heterocycles. The van der Waals surface area contributed by atoms with Crippen LogP contribution >= 0.6 is 39.7 Å². The third kappa shape index (κ3) is 4.28. The maximum Gasteiger partial charge on any atom is 0.174 e. The van der Waals surface area contributed by atoms with Crippen LogP contribution in [0.4, 0.5) is 5.69 Å². The molecular formula is C28H26BrClN4S. The standard InChI is InChI=1S/C28H26BrClN4S/c1-16-8-9-20(30)15-25(16)33-18(3)14-22(19(33)4)27-26(24-7-5-6-12-31-24)32-28(35)34(27)21-10-11-23(29)17(2)13-21/h5-15,26-27H,1-4H3,(H,32,35)/t26-,27+/m1/s1. The highest BCUT2D eigenvalue weighted by atomic mass is 79.9. The Morgan fingerprint density at radius 1 is 0.971 bits per heavy atom. The molecule has 2 atom stereocenters. The Kier molecular flexibility index (Phi) is 6.47. The van der Waals surface area contributed by atoms with Gasteiger partial charge in [0.05, 0.1) is 17.8 Å². The summed E-state index contributed by atoms with van der Waals surface area (Å²) in [6.45, 7) is 8.52. The lowest BCUT2D eigenvalue weighted by Gasteiger charge is -2.28. The number of hydrogen-bond acceptors (Lipinski definition) is 2. The monoisotopic (exact) mass is 564 g/mol. The Bertz CT molecular complexity index is 1430. The van der Waals surface area contributed by atoms with Crippen LogP contribution < -0.4 is 10.2 Å². The minimum Gasteiger partial charge on any atom is -0.351 e. The second-order valence-corrected chi connectivity index (χ2v) is 10.7. The highest BCUT2D eigenvalue weighted by Gasteiger charge is 2.42. The van der Waals surface area contributed by atoms with Gasteiger partial charge in [0.15, 0.2) is 5.11 Å². The number of aryl methyl sites for hydroxylation is 3. The summed E-state index contributed by atoms with van der Waals surface area (Å²) in [7, 11) is 0. The summed E-state index contributed by atoms with van der Waals surface area (Å²) in [5, 5.41) is 4.99. The van der Waals surface area contributed by atoms with Gasteiger partial charge in [-0.15, -0.1) is 0 Å². The number of benzene rings is 2. The van der Waals surface area contributed by atoms with E-state index in [4.69, 9.17) is 28.8 Å². The van der Waals surface area contributed by atoms with E-state index in [0.717, 1.165) is 43.5 Å². The van der Waals surface area contributed by atoms with Gasteiger partial charge >= 0.3 is 0 Å². The summed E-state index contributed by atoms with van der Waals surface area (Å²) >= 11 is 15.9. The molecule has 2 aromatic carbocycles. The van der Waals surface area contributed by atoms with E-state index in [1.807, 2.05) is 30.5 Å². The van der Waals surface area contributed by atoms with E-state index in [1.54, 1.807) is 0 Å². The van der Waals surface area contributed by atoms with Crippen LogP contribution in [0, 0.1) is 27.7 Å². The quantitative estimate of drug-likeness (QED) is 0.257. The molecule has 0 saturated carbocycles. The summed E-state index contributed by atoms with van der Waals surface area (Å²) in [5.41, 5.74) is 8.93. The number of aromatic nitrogens is 2. The van der Waals surface area contributed by atoms with Crippen LogP contribution in [0.2, 0.25) is 5.02 Å². The molecular weight excluding hydrogens is 540 g/mol. The van der Waals surface area contributed by atoms with Crippen LogP contribution in [0.1, 0.15) is 45.9 Å². The molecule has 2 aromatic heterocycles. The predicted molar refractivity (Wildman–Crippen MR) is 152 cm³/mol. The number of nitrogens with zero attached hydrogens (tertiary/aromatic N) is 3. The van der Waals surface area contributed by atoms with Crippen LogP contribution in [0.5, 0.6) is 0 Å². The first-order chi connectivity index (χ1) is 16.8. The molecule has 0 amide bonds. The molecule has 0 spiro atoms. The highest BCUT2D eigenvalue weighted by molar-refractivity contribution is 9.10. The van der Waals surface area contributed by atoms with Crippen LogP contribution in [0.15, 0.2) is 71.3 Å². The van der Waals surface area contributed by atoms with Crippen molar-refractivity contribution in [2.75, 3.05) is 4.90 Å². The van der Waals surface area contributed by atoms with Crippen molar-refractivity contribution in [1.82, 2.24) is 14.9 Å². The Hall–Kier alpha value is -2.67. The summed E-state index contributed by atoms with van der Waals surface area (Å²) in [5.74, 6) is 0. The summed E-state index contributed by atoms with van der Waals surface area (Å²) in [6.07, 6.45) is 1.84. The SMILES string of the molecule is Cc1cc(N2C(=S)N[C@H](c3ccccn3)[C@@H]2c2cc(C)n(-c3cc(Cl)ccc3C)c2C)ccc1Br. The largest absolute Gasteiger partial charge is 0.351 e. The molecule has 0 bridgehead atoms. The lowest BCUT2D eigenvalue weighted by molar-refractivity contribution is 0.565. The summed E-state index contributed by atoms with van der Waals surface area (Å²) in [4.78, 5) is 6.92. The highest BCUT2D eigenvalue weighted by Crippen LogP contribution is 2.44. The minimum atomic E-state index is -0.0953. The van der Waals surface area contributed by atoms with Gasteiger partial charge in [0, 0.05) is 38.5 Å². The van der Waals surface area contributed by atoms with Crippen molar-refractivity contribution >= 4 is 50.5 Å². The van der Waals surface area contributed by atoms with Crippen molar-refractivity contribution in [1.29, 1.82) is 0 Å². The maximum atomic E-state index is 6.40. The number of nitrogens with one attached hydrogen (secondary N) is 1. The lowest BCUT2D eigenvalue weighted by Crippen LogP contribution is -2.29. The van der Waals surface area contributed by atoms with E-state index in [0.29, 0.717) is 5.11 Å². The molecule has 5 rings (SSSR count). The lowest BCUT2D eigenvalue weighted by atomic mass is 9.96. The van der Waals surface area contributed by atoms with E-state index in [9.17, 15) is 0 Å². The third-order valence-corrected chi connectivity index (χ3v) is 8.16. The first-order valence-corrected chi connectivity index (χ1v) is 13.1. The van der Waals surface area contributed by atoms with Gasteiger partial charge in [-0.3, -0.25) is 4.98 Å². The van der Waals surface area contributed by atoms with Crippen LogP contribution in [0.3, 0.4) is 0 Å². The van der Waals surface area contributed by atoms with Crippen molar-refractivity contribution in [2.45, 2.75) is 39.8 Å². The Morgan fingerprint density at radius 3 is 2.49 bits per heavy atom. The van der Waals surface area contributed by atoms with Crippen molar-refractivity contribution in [2.24, 2.45) is 0 Å². The molecule has 0 radical (unpaired) electrons. The summed E-state index contributed by atoms with van der Waals surface area (Å²) in [6, 6.07) is 20.5. The van der Waals surface area contributed by atoms with Gasteiger partial charge < -0.3 is 14.8 Å². The maximum absolute atomic E-state index is 6.40. The molecule has 4 aromatic rings. The van der Waals surface area contributed by atoms with Crippen LogP contribution in [-0.4, -0.2) is 14.7 Å². The van der Waals surface area contributed by atoms with Gasteiger partial charge in [-0.05, 0) is 105 Å². The number of hydrogen-bond donors (Lipinski definition) is 1. The first-order valence-electron chi connectivity index (χ1n) is 11.5. The molecule has 178 valence electrons. The molecule has 4 nitrogen and oxygen atoms in total. The molecule has 7 heteroatoms. The number of anilines is 1. The van der Waals surface area contributed by atoms with E-state index in [-0.39, 0.29) is 12.1 Å². The molecule has 35 heavy (non-hydrogen) atoms. The Balaban J connectivity index is 1.71. The second kappa shape index (κ2) is 9.41. The van der Waals surface area contributed by atoms with Crippen molar-refractivity contribution in [3.05, 3.63) is 110 Å². The predicted octanol–water partition coefficient (Wildman–Crippen LogP) is 7.70. The fourth-order valence-corrected chi connectivity index (χ4v) is 5.77. The number of halogens is 2. The van der Waals surface area contributed by atoms with Crippen LogP contribution in [-0.2, 0) is 0 Å². The van der Waals surface area contributed by atoms with Gasteiger partial charge in [0.2, 0.25) is 0 Å². The third-order valence-electron chi connectivity index (χ3n) is 6.72. The number of pyridine rings is 1. The number of rotatable bonds is 4. The average molecular weight is 566 g/mol. The van der Waals surface area contributed by atoms with Gasteiger partial charge in [-0.2, -0.15) is 0 Å². The smallest absolute Gasteiger partial charge is 0.174 e. The Morgan fingerprint density at radius 2 is 1.77 bits per heavy atom. The normalized spacial score (nSPS) is 17.7. The zero-order valence-electron chi connectivity index (χ0n) is 20.0. The second-order valence-electron chi connectivity index (χ2n) is 9.02. The minimum absolute atomic E-state index is 0.0718. The first kappa shape index (κ1) is 24.0. The van der Waals surface area contributed by atoms with Crippen LogP contribution in [0.25, 0.3) is 5.69 Å². The van der Waals surface area contributed by atoms with Gasteiger partial charge in [-0.25, -0.2) is 0 Å². The van der Waals surface area contributed by atoms with Crippen molar-refractivity contribution in [3.8, 4) is 5.69 Å². The fraction of sp³-hybridized carbons (Fsp3) is 0.214.